The number of nitrogens with zero attached hydrogens (tertiary/aromatic N) is 1. The van der Waals surface area contributed by atoms with Crippen LogP contribution in [0.3, 0.4) is 0 Å². The van der Waals surface area contributed by atoms with E-state index in [2.05, 4.69) is 10.3 Å². The summed E-state index contributed by atoms with van der Waals surface area (Å²) in [5.41, 5.74) is 1.92. The lowest BCUT2D eigenvalue weighted by Gasteiger charge is -2.03. The van der Waals surface area contributed by atoms with E-state index < -0.39 is 10.8 Å². The zero-order valence-electron chi connectivity index (χ0n) is 15.1. The molecular formula is C21H16FN3O4. The van der Waals surface area contributed by atoms with E-state index in [9.17, 15) is 19.3 Å². The SMILES string of the molecule is O=C(NCCc1c[nH]c2ccc(F)cc12)c1ccc(-c2ccccc2[N+](=O)[O-])o1. The maximum atomic E-state index is 13.4. The Morgan fingerprint density at radius 1 is 1.17 bits per heavy atom. The fourth-order valence-corrected chi connectivity index (χ4v) is 3.20. The van der Waals surface area contributed by atoms with Crippen LogP contribution in [-0.2, 0) is 6.42 Å². The number of aromatic nitrogens is 1. The van der Waals surface area contributed by atoms with E-state index in [1.165, 1.54) is 30.3 Å². The third-order valence-electron chi connectivity index (χ3n) is 4.61. The van der Waals surface area contributed by atoms with E-state index in [1.54, 1.807) is 30.5 Å². The Morgan fingerprint density at radius 2 is 2.00 bits per heavy atom. The number of aromatic amines is 1. The Hall–Kier alpha value is -3.94. The summed E-state index contributed by atoms with van der Waals surface area (Å²) < 4.78 is 19.0. The number of carbonyl (C=O) groups is 1. The van der Waals surface area contributed by atoms with Gasteiger partial charge in [0.1, 0.15) is 11.6 Å². The third-order valence-corrected chi connectivity index (χ3v) is 4.61. The topological polar surface area (TPSA) is 101 Å². The highest BCUT2D eigenvalue weighted by Crippen LogP contribution is 2.30. The minimum absolute atomic E-state index is 0.0584. The first-order valence-corrected chi connectivity index (χ1v) is 8.90. The Balaban J connectivity index is 1.43. The number of furan rings is 1. The Kier molecular flexibility index (Phi) is 4.82. The van der Waals surface area contributed by atoms with Gasteiger partial charge in [0.2, 0.25) is 0 Å². The van der Waals surface area contributed by atoms with E-state index in [0.717, 1.165) is 16.5 Å². The largest absolute Gasteiger partial charge is 0.451 e. The number of nitro groups is 1. The van der Waals surface area contributed by atoms with E-state index in [0.29, 0.717) is 18.5 Å². The van der Waals surface area contributed by atoms with Gasteiger partial charge in [-0.05, 0) is 48.4 Å². The number of hydrogen-bond acceptors (Lipinski definition) is 4. The molecule has 0 spiro atoms. The van der Waals surface area contributed by atoms with Crippen molar-refractivity contribution in [1.29, 1.82) is 0 Å². The summed E-state index contributed by atoms with van der Waals surface area (Å²) in [4.78, 5) is 26.1. The number of nitrogens with one attached hydrogen (secondary N) is 2. The summed E-state index contributed by atoms with van der Waals surface area (Å²) >= 11 is 0. The number of hydrogen-bond donors (Lipinski definition) is 2. The van der Waals surface area contributed by atoms with Crippen LogP contribution < -0.4 is 5.32 Å². The van der Waals surface area contributed by atoms with Gasteiger partial charge in [-0.15, -0.1) is 0 Å². The molecule has 0 fully saturated rings. The van der Waals surface area contributed by atoms with Crippen LogP contribution in [-0.4, -0.2) is 22.4 Å². The normalized spacial score (nSPS) is 10.9. The zero-order chi connectivity index (χ0) is 20.4. The number of benzene rings is 2. The summed E-state index contributed by atoms with van der Waals surface area (Å²) in [6, 6.07) is 13.7. The fourth-order valence-electron chi connectivity index (χ4n) is 3.20. The number of carbonyl (C=O) groups excluding carboxylic acids is 1. The van der Waals surface area contributed by atoms with Crippen molar-refractivity contribution in [2.45, 2.75) is 6.42 Å². The molecule has 29 heavy (non-hydrogen) atoms. The van der Waals surface area contributed by atoms with Crippen LogP contribution in [0.4, 0.5) is 10.1 Å². The number of fused-ring (bicyclic) bond motifs is 1. The highest BCUT2D eigenvalue weighted by atomic mass is 19.1. The van der Waals surface area contributed by atoms with E-state index in [1.807, 2.05) is 0 Å². The predicted molar refractivity (Wildman–Crippen MR) is 105 cm³/mol. The van der Waals surface area contributed by atoms with Crippen molar-refractivity contribution in [1.82, 2.24) is 10.3 Å². The van der Waals surface area contributed by atoms with Gasteiger partial charge in [-0.25, -0.2) is 4.39 Å². The van der Waals surface area contributed by atoms with Crippen LogP contribution in [0.15, 0.2) is 65.2 Å². The first-order valence-electron chi connectivity index (χ1n) is 8.90. The molecule has 2 aromatic carbocycles. The van der Waals surface area contributed by atoms with Gasteiger partial charge >= 0.3 is 0 Å². The van der Waals surface area contributed by atoms with E-state index >= 15 is 0 Å². The lowest BCUT2D eigenvalue weighted by molar-refractivity contribution is -0.384. The summed E-state index contributed by atoms with van der Waals surface area (Å²) in [5.74, 6) is -0.445. The highest BCUT2D eigenvalue weighted by molar-refractivity contribution is 5.92. The van der Waals surface area contributed by atoms with Gasteiger partial charge in [-0.3, -0.25) is 14.9 Å². The lowest BCUT2D eigenvalue weighted by atomic mass is 10.1. The molecule has 0 saturated heterocycles. The van der Waals surface area contributed by atoms with Crippen LogP contribution in [0.2, 0.25) is 0 Å². The molecule has 1 amide bonds. The molecule has 2 aromatic heterocycles. The molecule has 4 rings (SSSR count). The van der Waals surface area contributed by atoms with Crippen LogP contribution >= 0.6 is 0 Å². The average Bonchev–Trinajstić information content (AvgIpc) is 3.35. The van der Waals surface area contributed by atoms with Gasteiger partial charge in [-0.1, -0.05) is 12.1 Å². The van der Waals surface area contributed by atoms with Crippen LogP contribution in [0.5, 0.6) is 0 Å². The minimum atomic E-state index is -0.498. The standard InChI is InChI=1S/C21H16FN3O4/c22-14-5-6-17-16(11-14)13(12-24-17)9-10-23-21(26)20-8-7-19(29-20)15-3-1-2-4-18(15)25(27)28/h1-8,11-12,24H,9-10H2,(H,23,26). The molecule has 0 bridgehead atoms. The number of H-pyrrole nitrogens is 1. The van der Waals surface area contributed by atoms with Gasteiger partial charge in [0.25, 0.3) is 11.6 Å². The molecule has 8 heteroatoms. The molecule has 2 N–H and O–H groups in total. The Morgan fingerprint density at radius 3 is 2.83 bits per heavy atom. The van der Waals surface area contributed by atoms with Gasteiger partial charge in [0.05, 0.1) is 10.5 Å². The molecule has 0 radical (unpaired) electrons. The minimum Gasteiger partial charge on any atom is -0.451 e. The second kappa shape index (κ2) is 7.59. The third kappa shape index (κ3) is 3.73. The van der Waals surface area contributed by atoms with Crippen molar-refractivity contribution in [3.63, 3.8) is 0 Å². The number of para-hydroxylation sites is 1. The molecule has 7 nitrogen and oxygen atoms in total. The van der Waals surface area contributed by atoms with Crippen molar-refractivity contribution < 1.29 is 18.5 Å². The molecule has 0 aliphatic carbocycles. The molecule has 0 saturated carbocycles. The van der Waals surface area contributed by atoms with Crippen LogP contribution in [0, 0.1) is 15.9 Å². The predicted octanol–water partition coefficient (Wildman–Crippen LogP) is 4.45. The summed E-state index contributed by atoms with van der Waals surface area (Å²) in [5, 5.41) is 14.7. The highest BCUT2D eigenvalue weighted by Gasteiger charge is 2.19. The molecule has 0 aliphatic rings. The molecule has 0 unspecified atom stereocenters. The first-order chi connectivity index (χ1) is 14.0. The van der Waals surface area contributed by atoms with Gasteiger partial charge in [0.15, 0.2) is 5.76 Å². The maximum Gasteiger partial charge on any atom is 0.287 e. The van der Waals surface area contributed by atoms with E-state index in [4.69, 9.17) is 4.42 Å². The van der Waals surface area contributed by atoms with E-state index in [-0.39, 0.29) is 23.0 Å². The zero-order valence-corrected chi connectivity index (χ0v) is 15.1. The molecular weight excluding hydrogens is 377 g/mol. The van der Waals surface area contributed by atoms with Crippen molar-refractivity contribution in [3.8, 4) is 11.3 Å². The number of amides is 1. The van der Waals surface area contributed by atoms with Crippen molar-refractivity contribution >= 4 is 22.5 Å². The molecule has 4 aromatic rings. The summed E-state index contributed by atoms with van der Waals surface area (Å²) in [6.07, 6.45) is 2.29. The second-order valence-electron chi connectivity index (χ2n) is 6.45. The van der Waals surface area contributed by atoms with Crippen molar-refractivity contribution in [3.05, 3.63) is 88.0 Å². The molecule has 146 valence electrons. The van der Waals surface area contributed by atoms with Gasteiger partial charge < -0.3 is 14.7 Å². The fraction of sp³-hybridized carbons (Fsp3) is 0.0952. The molecule has 0 aliphatic heterocycles. The van der Waals surface area contributed by atoms with Crippen molar-refractivity contribution in [2.75, 3.05) is 6.54 Å². The monoisotopic (exact) mass is 393 g/mol. The Labute approximate surface area is 164 Å². The first kappa shape index (κ1) is 18.4. The summed E-state index contributed by atoms with van der Waals surface area (Å²) in [6.45, 7) is 0.323. The van der Waals surface area contributed by atoms with Crippen LogP contribution in [0.25, 0.3) is 22.2 Å². The lowest BCUT2D eigenvalue weighted by Crippen LogP contribution is -2.25. The smallest absolute Gasteiger partial charge is 0.287 e. The quantitative estimate of drug-likeness (QED) is 0.373. The molecule has 2 heterocycles. The summed E-state index contributed by atoms with van der Waals surface area (Å²) in [7, 11) is 0. The number of rotatable bonds is 6. The maximum absolute atomic E-state index is 13.4. The number of nitro benzene ring substituents is 1. The average molecular weight is 393 g/mol. The Bertz CT molecular complexity index is 1210. The number of halogens is 1. The van der Waals surface area contributed by atoms with Gasteiger partial charge in [0, 0.05) is 29.7 Å². The van der Waals surface area contributed by atoms with Crippen molar-refractivity contribution in [2.24, 2.45) is 0 Å². The molecule has 0 atom stereocenters. The second-order valence-corrected chi connectivity index (χ2v) is 6.45. The van der Waals surface area contributed by atoms with Crippen LogP contribution in [0.1, 0.15) is 16.1 Å². The van der Waals surface area contributed by atoms with Gasteiger partial charge in [-0.2, -0.15) is 0 Å².